The number of likely N-dealkylation sites (tertiary alicyclic amines) is 1. The molecule has 2 unspecified atom stereocenters. The molecule has 0 spiro atoms. The number of aliphatic hydroxyl groups excluding tert-OH is 2. The Bertz CT molecular complexity index is 1510. The van der Waals surface area contributed by atoms with Crippen LogP contribution in [0, 0.1) is 7.43 Å². The van der Waals surface area contributed by atoms with E-state index in [1.54, 1.807) is 9.80 Å². The van der Waals surface area contributed by atoms with Gasteiger partial charge in [0.2, 0.25) is 0 Å². The van der Waals surface area contributed by atoms with Crippen molar-refractivity contribution in [2.24, 2.45) is 0 Å². The maximum absolute atomic E-state index is 11.6. The first kappa shape index (κ1) is 63.3. The van der Waals surface area contributed by atoms with E-state index in [4.69, 9.17) is 43.3 Å². The summed E-state index contributed by atoms with van der Waals surface area (Å²) in [5.74, 6) is 0.702. The predicted molar refractivity (Wildman–Crippen MR) is 221 cm³/mol. The number of nitrogens with zero attached hydrogens (tertiary/aromatic N) is 3. The minimum absolute atomic E-state index is 0. The van der Waals surface area contributed by atoms with Gasteiger partial charge >= 0.3 is 60.2 Å². The maximum atomic E-state index is 11.6. The Morgan fingerprint density at radius 2 is 1.05 bits per heavy atom. The van der Waals surface area contributed by atoms with E-state index in [0.29, 0.717) is 38.6 Å². The van der Waals surface area contributed by atoms with Crippen LogP contribution in [0.2, 0.25) is 0 Å². The number of benzene rings is 2. The molecule has 4 fully saturated rings. The fourth-order valence-corrected chi connectivity index (χ4v) is 5.99. The number of piperidine rings is 2. The van der Waals surface area contributed by atoms with Gasteiger partial charge in [-0.25, -0.2) is 9.59 Å². The van der Waals surface area contributed by atoms with Crippen molar-refractivity contribution in [2.45, 2.75) is 90.3 Å². The van der Waals surface area contributed by atoms with Crippen molar-refractivity contribution < 1.29 is 92.4 Å². The molecule has 0 bridgehead atoms. The van der Waals surface area contributed by atoms with Gasteiger partial charge in [-0.15, -0.1) is 0 Å². The Balaban J connectivity index is -0.000000375. The van der Waals surface area contributed by atoms with Crippen LogP contribution in [-0.2, 0) is 43.0 Å². The Labute approximate surface area is 383 Å². The van der Waals surface area contributed by atoms with Gasteiger partial charge in [-0.2, -0.15) is 28.8 Å². The molecule has 3 radical (unpaired) electrons. The molecule has 0 aliphatic carbocycles. The van der Waals surface area contributed by atoms with E-state index in [2.05, 4.69) is 29.3 Å². The average molecular weight is 864 g/mol. The van der Waals surface area contributed by atoms with Crippen LogP contribution in [0.5, 0.6) is 0 Å². The minimum atomic E-state index is -0.293. The van der Waals surface area contributed by atoms with Crippen LogP contribution >= 0.6 is 0 Å². The second-order valence-corrected chi connectivity index (χ2v) is 13.0. The van der Waals surface area contributed by atoms with Crippen LogP contribution < -0.4 is 44.7 Å². The fourth-order valence-electron chi connectivity index (χ4n) is 5.99. The zero-order valence-electron chi connectivity index (χ0n) is 36.4. The van der Waals surface area contributed by atoms with Crippen molar-refractivity contribution in [1.82, 2.24) is 10.2 Å². The first-order valence-corrected chi connectivity index (χ1v) is 19.3. The van der Waals surface area contributed by atoms with Gasteiger partial charge in [-0.05, 0) is 99.0 Å². The molecule has 19 heteroatoms. The molecular formula is C42H61BN4NaO13. The second-order valence-electron chi connectivity index (χ2n) is 13.0. The molecule has 331 valence electrons. The number of anilines is 2. The summed E-state index contributed by atoms with van der Waals surface area (Å²) in [6, 6.07) is 15.9. The van der Waals surface area contributed by atoms with Crippen LogP contribution in [0.4, 0.5) is 21.0 Å². The molecule has 4 aliphatic rings. The molecule has 2 atom stereocenters. The molecule has 4 heterocycles. The van der Waals surface area contributed by atoms with E-state index in [-0.39, 0.29) is 94.2 Å². The van der Waals surface area contributed by atoms with Crippen molar-refractivity contribution in [3.8, 4) is 0 Å². The van der Waals surface area contributed by atoms with Crippen LogP contribution in [0.3, 0.4) is 0 Å². The third kappa shape index (κ3) is 26.6. The molecule has 61 heavy (non-hydrogen) atoms. The van der Waals surface area contributed by atoms with E-state index < -0.39 is 0 Å². The summed E-state index contributed by atoms with van der Waals surface area (Å²) in [5.41, 5.74) is 4.16. The van der Waals surface area contributed by atoms with Crippen LogP contribution in [0.1, 0.15) is 89.2 Å². The van der Waals surface area contributed by atoms with E-state index in [1.165, 1.54) is 5.56 Å². The van der Waals surface area contributed by atoms with Crippen molar-refractivity contribution in [3.05, 3.63) is 67.1 Å². The average Bonchev–Trinajstić information content (AvgIpc) is 3.87. The Morgan fingerprint density at radius 1 is 0.689 bits per heavy atom. The Hall–Kier alpha value is -4.31. The van der Waals surface area contributed by atoms with Gasteiger partial charge in [0.25, 0.3) is 0 Å². The van der Waals surface area contributed by atoms with E-state index >= 15 is 0 Å². The molecule has 2 aromatic rings. The number of hydrogen-bond donors (Lipinski definition) is 3. The van der Waals surface area contributed by atoms with Crippen LogP contribution in [-0.4, -0.2) is 132 Å². The molecule has 17 nitrogen and oxygen atoms in total. The number of aldehydes is 1. The summed E-state index contributed by atoms with van der Waals surface area (Å²) in [5, 5.41) is 21.6. The largest absolute Gasteiger partial charge is 1.00 e. The summed E-state index contributed by atoms with van der Waals surface area (Å²) in [7, 11) is 0. The van der Waals surface area contributed by atoms with Gasteiger partial charge in [-0.3, -0.25) is 9.80 Å². The molecule has 3 N–H and O–H groups in total. The van der Waals surface area contributed by atoms with Crippen molar-refractivity contribution in [3.63, 3.8) is 0 Å². The number of aliphatic hydroxyl groups is 2. The monoisotopic (exact) mass is 863 g/mol. The standard InChI is InChI=1S/C18H26N2O3.C13H15NO3.C5H11NO.C2H6.3CO2.CH3.B.Na/c1-14(6-9-19-10-7-17(21)8-11-19)15-2-4-16(5-3-15)20-12-13-23-18(20)22;1-10(6-8-15)11-2-4-12(5-3-11)14-7-9-17-13(14)16;7-5-1-3-6-4-2-5;1-2;3*2-1-3;;;/h2-5,14,17,21H,6-13H2,1H3;2-5,8,10H,6-7,9H2,1H3;5-7H,1-4H2;1-2H3;;;;1H3;;/q;;;;;;;-1;;+1. The number of nitrogens with one attached hydrogen (secondary N) is 1. The summed E-state index contributed by atoms with van der Waals surface area (Å²) in [4.78, 5) is 87.8. The number of carbonyl (C=O) groups excluding carboxylic acids is 9. The zero-order valence-corrected chi connectivity index (χ0v) is 38.4. The molecule has 4 aliphatic heterocycles. The SMILES string of the molecule is CC.CC(CC=O)c1ccc(N2CCOC2=O)cc1.CC(CCN1CCC(O)CC1)c1ccc(N2CCOC2=O)cc1.O=C=O.O=C=O.O=C=O.OC1CCNCC1.[B].[CH3-].[Na+]. The van der Waals surface area contributed by atoms with Crippen molar-refractivity contribution in [1.29, 1.82) is 0 Å². The van der Waals surface area contributed by atoms with Gasteiger partial charge in [0.15, 0.2) is 0 Å². The number of hydrogen-bond acceptors (Lipinski definition) is 15. The smallest absolute Gasteiger partial charge is 0.447 e. The zero-order chi connectivity index (χ0) is 43.7. The summed E-state index contributed by atoms with van der Waals surface area (Å²) in [6.07, 6.45) is 6.29. The molecule has 0 saturated carbocycles. The third-order valence-corrected chi connectivity index (χ3v) is 9.26. The van der Waals surface area contributed by atoms with E-state index in [9.17, 15) is 19.5 Å². The maximum Gasteiger partial charge on any atom is 1.00 e. The normalized spacial score (nSPS) is 16.2. The third-order valence-electron chi connectivity index (χ3n) is 9.26. The summed E-state index contributed by atoms with van der Waals surface area (Å²) in [6.45, 7) is 15.5. The van der Waals surface area contributed by atoms with Crippen LogP contribution in [0.25, 0.3) is 0 Å². The van der Waals surface area contributed by atoms with Gasteiger partial charge in [0, 0.05) is 39.3 Å². The summed E-state index contributed by atoms with van der Waals surface area (Å²) < 4.78 is 9.85. The molecule has 2 aromatic carbocycles. The van der Waals surface area contributed by atoms with Gasteiger partial charge in [0.1, 0.15) is 19.5 Å². The minimum Gasteiger partial charge on any atom is -0.447 e. The quantitative estimate of drug-likeness (QED) is 0.181. The summed E-state index contributed by atoms with van der Waals surface area (Å²) >= 11 is 0. The van der Waals surface area contributed by atoms with Gasteiger partial charge in [-0.1, -0.05) is 52.0 Å². The number of carbonyl (C=O) groups is 3. The Morgan fingerprint density at radius 3 is 1.36 bits per heavy atom. The topological polar surface area (TPSA) is 234 Å². The number of cyclic esters (lactones) is 2. The first-order chi connectivity index (χ1) is 28.0. The Kier molecular flexibility index (Phi) is 41.3. The fraction of sp³-hybridized carbons (Fsp3) is 0.548. The van der Waals surface area contributed by atoms with E-state index in [1.807, 2.05) is 57.2 Å². The molecular weight excluding hydrogens is 802 g/mol. The predicted octanol–water partition coefficient (Wildman–Crippen LogP) is 1.01. The van der Waals surface area contributed by atoms with Gasteiger partial charge in [0.05, 0.1) is 25.3 Å². The number of rotatable bonds is 9. The van der Waals surface area contributed by atoms with E-state index in [0.717, 1.165) is 88.1 Å². The van der Waals surface area contributed by atoms with Crippen LogP contribution in [0.15, 0.2) is 48.5 Å². The first-order valence-electron chi connectivity index (χ1n) is 19.3. The number of ether oxygens (including phenoxy) is 2. The van der Waals surface area contributed by atoms with Crippen molar-refractivity contribution in [2.75, 3.05) is 68.8 Å². The molecule has 4 saturated heterocycles. The molecule has 0 aromatic heterocycles. The molecule has 2 amide bonds. The molecule has 6 rings (SSSR count). The second kappa shape index (κ2) is 39.8. The van der Waals surface area contributed by atoms with Gasteiger partial charge < -0.3 is 42.1 Å². The van der Waals surface area contributed by atoms with Crippen molar-refractivity contribution >= 4 is 56.7 Å². The number of amides is 2.